The number of anilines is 1. The fourth-order valence-corrected chi connectivity index (χ4v) is 3.46. The first-order valence-electron chi connectivity index (χ1n) is 9.30. The lowest BCUT2D eigenvalue weighted by Gasteiger charge is -2.33. The monoisotopic (exact) mass is 408 g/mol. The van der Waals surface area contributed by atoms with E-state index in [1.54, 1.807) is 5.38 Å². The van der Waals surface area contributed by atoms with Gasteiger partial charge in [0.25, 0.3) is 5.91 Å². The molecular weight excluding hydrogens is 384 g/mol. The molecule has 1 aromatic heterocycles. The van der Waals surface area contributed by atoms with Crippen LogP contribution >= 0.6 is 11.5 Å². The maximum absolute atomic E-state index is 13.5. The molecule has 0 fully saturated rings. The number of benzene rings is 2. The molecule has 1 N–H and O–H groups in total. The van der Waals surface area contributed by atoms with Crippen molar-refractivity contribution in [1.82, 2.24) is 14.9 Å². The van der Waals surface area contributed by atoms with E-state index in [-0.39, 0.29) is 17.5 Å². The minimum absolute atomic E-state index is 0.209. The van der Waals surface area contributed by atoms with Gasteiger partial charge < -0.3 is 5.32 Å². The average Bonchev–Trinajstić information content (AvgIpc) is 3.19. The van der Waals surface area contributed by atoms with Gasteiger partial charge in [-0.15, -0.1) is 5.10 Å². The molecule has 7 heteroatoms. The SMILES string of the molecule is Cc1cccc(N(C(=O)c2csnn2)C(C(=O)NC(C)(C)C)c2ccccc2)c1. The first-order chi connectivity index (χ1) is 13.8. The van der Waals surface area contributed by atoms with Gasteiger partial charge in [-0.25, -0.2) is 0 Å². The smallest absolute Gasteiger partial charge is 0.280 e. The summed E-state index contributed by atoms with van der Waals surface area (Å²) in [5, 5.41) is 8.55. The van der Waals surface area contributed by atoms with Crippen molar-refractivity contribution in [2.24, 2.45) is 0 Å². The lowest BCUT2D eigenvalue weighted by molar-refractivity contribution is -0.123. The number of nitrogens with one attached hydrogen (secondary N) is 1. The number of aryl methyl sites for hydroxylation is 1. The van der Waals surface area contributed by atoms with E-state index in [9.17, 15) is 9.59 Å². The Hall–Kier alpha value is -3.06. The predicted molar refractivity (Wildman–Crippen MR) is 115 cm³/mol. The summed E-state index contributed by atoms with van der Waals surface area (Å²) in [5.41, 5.74) is 2.09. The fraction of sp³-hybridized carbons (Fsp3) is 0.273. The zero-order valence-corrected chi connectivity index (χ0v) is 17.7. The molecule has 6 nitrogen and oxygen atoms in total. The Bertz CT molecular complexity index is 982. The van der Waals surface area contributed by atoms with Crippen LogP contribution in [0.2, 0.25) is 0 Å². The van der Waals surface area contributed by atoms with E-state index >= 15 is 0 Å². The highest BCUT2D eigenvalue weighted by Crippen LogP contribution is 2.30. The number of aromatic nitrogens is 2. The molecule has 0 radical (unpaired) electrons. The van der Waals surface area contributed by atoms with Gasteiger partial charge in [0.05, 0.1) is 0 Å². The molecule has 0 aliphatic carbocycles. The van der Waals surface area contributed by atoms with E-state index in [4.69, 9.17) is 0 Å². The average molecular weight is 409 g/mol. The summed E-state index contributed by atoms with van der Waals surface area (Å²) in [4.78, 5) is 28.3. The summed E-state index contributed by atoms with van der Waals surface area (Å²) in [5.74, 6) is -0.635. The molecule has 0 aliphatic rings. The van der Waals surface area contributed by atoms with Gasteiger partial charge in [-0.3, -0.25) is 14.5 Å². The van der Waals surface area contributed by atoms with Crippen LogP contribution in [0.4, 0.5) is 5.69 Å². The van der Waals surface area contributed by atoms with E-state index in [1.165, 1.54) is 4.90 Å². The van der Waals surface area contributed by atoms with E-state index in [2.05, 4.69) is 14.9 Å². The van der Waals surface area contributed by atoms with Crippen molar-refractivity contribution in [1.29, 1.82) is 0 Å². The van der Waals surface area contributed by atoms with Gasteiger partial charge >= 0.3 is 0 Å². The van der Waals surface area contributed by atoms with Crippen LogP contribution in [0, 0.1) is 6.92 Å². The second kappa shape index (κ2) is 8.53. The Morgan fingerprint density at radius 1 is 1.07 bits per heavy atom. The quantitative estimate of drug-likeness (QED) is 0.688. The second-order valence-corrected chi connectivity index (χ2v) is 8.47. The van der Waals surface area contributed by atoms with Gasteiger partial charge in [0.2, 0.25) is 5.91 Å². The molecule has 1 atom stereocenters. The van der Waals surface area contributed by atoms with E-state index in [0.29, 0.717) is 11.3 Å². The third-order valence-corrected chi connectivity index (χ3v) is 4.70. The Labute approximate surface area is 174 Å². The van der Waals surface area contributed by atoms with Crippen LogP contribution in [0.25, 0.3) is 0 Å². The third-order valence-electron chi connectivity index (χ3n) is 4.20. The van der Waals surface area contributed by atoms with Crippen molar-refractivity contribution in [3.63, 3.8) is 0 Å². The Morgan fingerprint density at radius 3 is 2.38 bits per heavy atom. The maximum Gasteiger partial charge on any atom is 0.280 e. The lowest BCUT2D eigenvalue weighted by Crippen LogP contribution is -2.49. The summed E-state index contributed by atoms with van der Waals surface area (Å²) in [6, 6.07) is 16.0. The lowest BCUT2D eigenvalue weighted by atomic mass is 10.00. The number of rotatable bonds is 5. The Morgan fingerprint density at radius 2 is 1.79 bits per heavy atom. The topological polar surface area (TPSA) is 75.2 Å². The van der Waals surface area contributed by atoms with Crippen molar-refractivity contribution in [2.45, 2.75) is 39.3 Å². The molecule has 0 spiro atoms. The van der Waals surface area contributed by atoms with Gasteiger partial charge in [0.15, 0.2) is 5.69 Å². The van der Waals surface area contributed by atoms with Gasteiger partial charge in [0.1, 0.15) is 6.04 Å². The van der Waals surface area contributed by atoms with Gasteiger partial charge in [-0.05, 0) is 62.5 Å². The number of hydrogen-bond acceptors (Lipinski definition) is 5. The molecule has 0 aliphatic heterocycles. The molecule has 0 saturated heterocycles. The molecule has 3 aromatic rings. The van der Waals surface area contributed by atoms with Gasteiger partial charge in [-0.2, -0.15) is 0 Å². The zero-order valence-electron chi connectivity index (χ0n) is 16.9. The van der Waals surface area contributed by atoms with Crippen LogP contribution in [0.1, 0.15) is 48.4 Å². The largest absolute Gasteiger partial charge is 0.349 e. The number of carbonyl (C=O) groups excluding carboxylic acids is 2. The third kappa shape index (κ3) is 5.06. The van der Waals surface area contributed by atoms with Crippen LogP contribution in [0.5, 0.6) is 0 Å². The molecule has 1 heterocycles. The summed E-state index contributed by atoms with van der Waals surface area (Å²) < 4.78 is 3.82. The number of carbonyl (C=O) groups is 2. The zero-order chi connectivity index (χ0) is 21.0. The van der Waals surface area contributed by atoms with Crippen LogP contribution in [0.15, 0.2) is 60.0 Å². The molecule has 2 aromatic carbocycles. The van der Waals surface area contributed by atoms with Gasteiger partial charge in [0, 0.05) is 16.6 Å². The highest BCUT2D eigenvalue weighted by molar-refractivity contribution is 7.03. The molecule has 3 rings (SSSR count). The Balaban J connectivity index is 2.16. The molecule has 2 amide bonds. The van der Waals surface area contributed by atoms with Crippen molar-refractivity contribution < 1.29 is 9.59 Å². The fourth-order valence-electron chi connectivity index (χ4n) is 3.03. The van der Waals surface area contributed by atoms with Crippen LogP contribution in [0.3, 0.4) is 0 Å². The summed E-state index contributed by atoms with van der Waals surface area (Å²) in [7, 11) is 0. The normalized spacial score (nSPS) is 12.3. The summed E-state index contributed by atoms with van der Waals surface area (Å²) in [6.45, 7) is 7.69. The molecular formula is C22H24N4O2S. The summed E-state index contributed by atoms with van der Waals surface area (Å²) >= 11 is 1.10. The molecule has 1 unspecified atom stereocenters. The number of nitrogens with zero attached hydrogens (tertiary/aromatic N) is 3. The van der Waals surface area contributed by atoms with Crippen LogP contribution < -0.4 is 10.2 Å². The molecule has 29 heavy (non-hydrogen) atoms. The highest BCUT2D eigenvalue weighted by atomic mass is 32.1. The standard InChI is InChI=1S/C22H24N4O2S/c1-15-9-8-12-17(13-15)26(21(28)18-14-29-25-24-18)19(16-10-6-5-7-11-16)20(27)23-22(2,3)4/h5-14,19H,1-4H3,(H,23,27). The van der Waals surface area contributed by atoms with Crippen molar-refractivity contribution in [3.05, 3.63) is 76.8 Å². The second-order valence-electron chi connectivity index (χ2n) is 7.86. The first-order valence-corrected chi connectivity index (χ1v) is 10.1. The van der Waals surface area contributed by atoms with Gasteiger partial charge in [-0.1, -0.05) is 47.0 Å². The van der Waals surface area contributed by atoms with E-state index in [1.807, 2.05) is 82.3 Å². The summed E-state index contributed by atoms with van der Waals surface area (Å²) in [6.07, 6.45) is 0. The van der Waals surface area contributed by atoms with Crippen molar-refractivity contribution in [2.75, 3.05) is 4.90 Å². The maximum atomic E-state index is 13.5. The molecule has 0 saturated carbocycles. The van der Waals surface area contributed by atoms with Crippen LogP contribution in [-0.4, -0.2) is 26.9 Å². The molecule has 150 valence electrons. The minimum Gasteiger partial charge on any atom is -0.349 e. The minimum atomic E-state index is -0.855. The van der Waals surface area contributed by atoms with Crippen LogP contribution in [-0.2, 0) is 4.79 Å². The predicted octanol–water partition coefficient (Wildman–Crippen LogP) is 4.15. The highest BCUT2D eigenvalue weighted by Gasteiger charge is 2.35. The number of hydrogen-bond donors (Lipinski definition) is 1. The van der Waals surface area contributed by atoms with E-state index < -0.39 is 11.6 Å². The van der Waals surface area contributed by atoms with Crippen molar-refractivity contribution >= 4 is 29.0 Å². The number of amides is 2. The van der Waals surface area contributed by atoms with E-state index in [0.717, 1.165) is 17.1 Å². The van der Waals surface area contributed by atoms with Crippen molar-refractivity contribution in [3.8, 4) is 0 Å². The first kappa shape index (κ1) is 20.7. The Kier molecular flexibility index (Phi) is 6.08. The molecule has 0 bridgehead atoms.